The molecule has 1 spiro atoms. The van der Waals surface area contributed by atoms with Crippen LogP contribution in [0.15, 0.2) is 12.1 Å². The Morgan fingerprint density at radius 2 is 1.83 bits per heavy atom. The van der Waals surface area contributed by atoms with Gasteiger partial charge in [0.05, 0.1) is 0 Å². The molecule has 1 aromatic rings. The van der Waals surface area contributed by atoms with Crippen LogP contribution in [0.2, 0.25) is 0 Å². The number of fused-ring (bicyclic) bond motifs is 2. The summed E-state index contributed by atoms with van der Waals surface area (Å²) >= 11 is 0. The van der Waals surface area contributed by atoms with Gasteiger partial charge in [-0.3, -0.25) is 4.79 Å². The molecule has 1 atom stereocenters. The second-order valence-corrected chi connectivity index (χ2v) is 8.21. The smallest absolute Gasteiger partial charge is 0.217 e. The van der Waals surface area contributed by atoms with Crippen molar-refractivity contribution in [3.05, 3.63) is 34.4 Å². The first-order valence-electron chi connectivity index (χ1n) is 8.86. The molecule has 1 aromatic carbocycles. The fourth-order valence-corrected chi connectivity index (χ4v) is 4.76. The van der Waals surface area contributed by atoms with E-state index in [9.17, 15) is 4.79 Å². The third kappa shape index (κ3) is 2.80. The van der Waals surface area contributed by atoms with Gasteiger partial charge >= 0.3 is 0 Å². The molecule has 3 heteroatoms. The van der Waals surface area contributed by atoms with E-state index in [0.29, 0.717) is 11.3 Å². The lowest BCUT2D eigenvalue weighted by molar-refractivity contribution is -0.120. The summed E-state index contributed by atoms with van der Waals surface area (Å²) in [4.78, 5) is 11.7. The van der Waals surface area contributed by atoms with Gasteiger partial charge in [-0.25, -0.2) is 0 Å². The average molecular weight is 314 g/mol. The number of rotatable bonds is 2. The second-order valence-electron chi connectivity index (χ2n) is 8.21. The normalized spacial score (nSPS) is 22.9. The van der Waals surface area contributed by atoms with Crippen molar-refractivity contribution in [2.24, 2.45) is 0 Å². The van der Waals surface area contributed by atoms with E-state index in [0.717, 1.165) is 19.5 Å². The van der Waals surface area contributed by atoms with Gasteiger partial charge in [0.1, 0.15) is 0 Å². The van der Waals surface area contributed by atoms with Gasteiger partial charge in [-0.1, -0.05) is 12.1 Å². The van der Waals surface area contributed by atoms with Crippen LogP contribution in [-0.2, 0) is 10.2 Å². The van der Waals surface area contributed by atoms with Crippen LogP contribution in [0.3, 0.4) is 0 Å². The maximum atomic E-state index is 11.7. The van der Waals surface area contributed by atoms with Gasteiger partial charge in [-0.05, 0) is 87.7 Å². The fraction of sp³-hybridized carbons (Fsp3) is 0.650. The Balaban J connectivity index is 2.08. The van der Waals surface area contributed by atoms with Crippen LogP contribution in [0, 0.1) is 13.8 Å². The van der Waals surface area contributed by atoms with Gasteiger partial charge in [0.15, 0.2) is 0 Å². The second kappa shape index (κ2) is 5.62. The lowest BCUT2D eigenvalue weighted by atomic mass is 9.72. The first-order valence-corrected chi connectivity index (χ1v) is 8.86. The average Bonchev–Trinajstić information content (AvgIpc) is 2.74. The Labute approximate surface area is 140 Å². The lowest BCUT2D eigenvalue weighted by Crippen LogP contribution is -2.47. The van der Waals surface area contributed by atoms with E-state index >= 15 is 0 Å². The number of carbonyl (C=O) groups is 1. The maximum Gasteiger partial charge on any atom is 0.217 e. The number of amides is 1. The van der Waals surface area contributed by atoms with Crippen LogP contribution < -0.4 is 10.6 Å². The molecule has 2 aliphatic rings. The van der Waals surface area contributed by atoms with Gasteiger partial charge < -0.3 is 10.6 Å². The number of benzene rings is 1. The van der Waals surface area contributed by atoms with E-state index < -0.39 is 0 Å². The lowest BCUT2D eigenvalue weighted by Gasteiger charge is -2.38. The van der Waals surface area contributed by atoms with Crippen molar-refractivity contribution >= 4 is 5.91 Å². The highest BCUT2D eigenvalue weighted by molar-refractivity contribution is 5.74. The van der Waals surface area contributed by atoms with Crippen LogP contribution >= 0.6 is 0 Å². The summed E-state index contributed by atoms with van der Waals surface area (Å²) in [6, 6.07) is 4.81. The Morgan fingerprint density at radius 1 is 1.22 bits per heavy atom. The van der Waals surface area contributed by atoms with E-state index in [4.69, 9.17) is 0 Å². The largest absolute Gasteiger partial charge is 0.351 e. The Hall–Kier alpha value is -1.35. The Morgan fingerprint density at radius 3 is 2.43 bits per heavy atom. The molecule has 1 aliphatic heterocycles. The summed E-state index contributed by atoms with van der Waals surface area (Å²) in [6.07, 6.45) is 3.56. The molecule has 1 saturated heterocycles. The molecule has 0 bridgehead atoms. The number of hydrogen-bond acceptors (Lipinski definition) is 2. The molecular formula is C20H30N2O. The molecular weight excluding hydrogens is 284 g/mol. The highest BCUT2D eigenvalue weighted by atomic mass is 16.1. The summed E-state index contributed by atoms with van der Waals surface area (Å²) in [5.74, 6) is 0.449. The van der Waals surface area contributed by atoms with Crippen molar-refractivity contribution in [3.8, 4) is 0 Å². The summed E-state index contributed by atoms with van der Waals surface area (Å²) in [5, 5.41) is 6.71. The number of carbonyl (C=O) groups excluding carboxylic acids is 1. The highest BCUT2D eigenvalue weighted by Gasteiger charge is 2.49. The summed E-state index contributed by atoms with van der Waals surface area (Å²) in [7, 11) is 0. The summed E-state index contributed by atoms with van der Waals surface area (Å²) < 4.78 is 0. The van der Waals surface area contributed by atoms with Crippen molar-refractivity contribution in [1.29, 1.82) is 0 Å². The predicted octanol–water partition coefficient (Wildman–Crippen LogP) is 3.33. The minimum absolute atomic E-state index is 0.0617. The maximum absolute atomic E-state index is 11.7. The Bertz CT molecular complexity index is 627. The molecule has 3 rings (SSSR count). The fourth-order valence-electron chi connectivity index (χ4n) is 4.76. The zero-order valence-corrected chi connectivity index (χ0v) is 15.2. The van der Waals surface area contributed by atoms with E-state index in [1.165, 1.54) is 29.5 Å². The number of aryl methyl sites for hydroxylation is 2. The molecule has 1 aliphatic carbocycles. The molecule has 1 unspecified atom stereocenters. The quantitative estimate of drug-likeness (QED) is 0.879. The van der Waals surface area contributed by atoms with E-state index in [1.807, 2.05) is 0 Å². The molecule has 1 heterocycles. The van der Waals surface area contributed by atoms with Gasteiger partial charge in [0.25, 0.3) is 0 Å². The molecule has 1 amide bonds. The molecule has 2 N–H and O–H groups in total. The minimum atomic E-state index is -0.212. The minimum Gasteiger partial charge on any atom is -0.351 e. The third-order valence-electron chi connectivity index (χ3n) is 6.14. The van der Waals surface area contributed by atoms with Crippen molar-refractivity contribution < 1.29 is 4.79 Å². The summed E-state index contributed by atoms with van der Waals surface area (Å²) in [6.45, 7) is 12.6. The van der Waals surface area contributed by atoms with Gasteiger partial charge in [-0.2, -0.15) is 0 Å². The molecule has 0 aromatic heterocycles. The van der Waals surface area contributed by atoms with Gasteiger partial charge in [0, 0.05) is 18.4 Å². The van der Waals surface area contributed by atoms with E-state index in [-0.39, 0.29) is 11.4 Å². The van der Waals surface area contributed by atoms with E-state index in [1.54, 1.807) is 12.5 Å². The van der Waals surface area contributed by atoms with Gasteiger partial charge in [-0.15, -0.1) is 0 Å². The number of nitrogens with one attached hydrogen (secondary N) is 2. The first-order chi connectivity index (χ1) is 10.8. The molecule has 0 radical (unpaired) electrons. The monoisotopic (exact) mass is 314 g/mol. The molecule has 3 nitrogen and oxygen atoms in total. The van der Waals surface area contributed by atoms with Crippen molar-refractivity contribution in [3.63, 3.8) is 0 Å². The van der Waals surface area contributed by atoms with Gasteiger partial charge in [0.2, 0.25) is 5.91 Å². The standard InChI is InChI=1S/C20H30N2O/c1-13-10-16-17(11-14(13)2)20(6-8-21-9-7-20)12-18(16)19(4,5)22-15(3)23/h10-11,18,21H,6-9,12H2,1-5H3,(H,22,23). The topological polar surface area (TPSA) is 41.1 Å². The Kier molecular flexibility index (Phi) is 4.04. The van der Waals surface area contributed by atoms with Crippen LogP contribution in [0.1, 0.15) is 68.2 Å². The van der Waals surface area contributed by atoms with Crippen LogP contribution in [-0.4, -0.2) is 24.5 Å². The molecule has 23 heavy (non-hydrogen) atoms. The predicted molar refractivity (Wildman–Crippen MR) is 95.0 cm³/mol. The van der Waals surface area contributed by atoms with Crippen molar-refractivity contribution in [2.75, 3.05) is 13.1 Å². The molecule has 0 saturated carbocycles. The van der Waals surface area contributed by atoms with Crippen LogP contribution in [0.25, 0.3) is 0 Å². The summed E-state index contributed by atoms with van der Waals surface area (Å²) in [5.41, 5.74) is 5.84. The van der Waals surface area contributed by atoms with Crippen LogP contribution in [0.4, 0.5) is 0 Å². The third-order valence-corrected chi connectivity index (χ3v) is 6.14. The van der Waals surface area contributed by atoms with Crippen LogP contribution in [0.5, 0.6) is 0 Å². The van der Waals surface area contributed by atoms with Crippen molar-refractivity contribution in [1.82, 2.24) is 10.6 Å². The van der Waals surface area contributed by atoms with E-state index in [2.05, 4.69) is 50.5 Å². The number of hydrogen-bond donors (Lipinski definition) is 2. The first kappa shape index (κ1) is 16.5. The zero-order valence-electron chi connectivity index (χ0n) is 15.2. The molecule has 1 fully saturated rings. The number of piperidine rings is 1. The van der Waals surface area contributed by atoms with Crippen molar-refractivity contribution in [2.45, 2.75) is 70.8 Å². The highest BCUT2D eigenvalue weighted by Crippen LogP contribution is 2.54. The molecule has 126 valence electrons. The SMILES string of the molecule is CC(=O)NC(C)(C)C1CC2(CCNCC2)c2cc(C)c(C)cc21. The zero-order chi connectivity index (χ0) is 16.8.